The Labute approximate surface area is 145 Å². The molecule has 2 N–H and O–H groups in total. The van der Waals surface area contributed by atoms with E-state index in [1.54, 1.807) is 4.57 Å². The first-order valence-corrected chi connectivity index (χ1v) is 8.91. The van der Waals surface area contributed by atoms with Gasteiger partial charge in [-0.3, -0.25) is 9.59 Å². The summed E-state index contributed by atoms with van der Waals surface area (Å²) in [5.41, 5.74) is 7.09. The van der Waals surface area contributed by atoms with Crippen LogP contribution in [0.4, 0.5) is 0 Å². The standard InChI is InChI=1S/C17H22N4O2S/c1-3-4-12-5-7-13(8-6-12)14(22)11-24-17-20-19-16(21(17)2)10-9-15(18)23/h5-8H,3-4,9-11H2,1-2H3,(H2,18,23). The van der Waals surface area contributed by atoms with E-state index >= 15 is 0 Å². The van der Waals surface area contributed by atoms with Gasteiger partial charge in [-0.15, -0.1) is 10.2 Å². The van der Waals surface area contributed by atoms with Gasteiger partial charge in [0.2, 0.25) is 5.91 Å². The number of aryl methyl sites for hydroxylation is 2. The molecule has 2 aromatic rings. The van der Waals surface area contributed by atoms with Gasteiger partial charge in [-0.2, -0.15) is 0 Å². The lowest BCUT2D eigenvalue weighted by Gasteiger charge is -2.04. The molecule has 0 fully saturated rings. The third-order valence-electron chi connectivity index (χ3n) is 3.67. The molecule has 0 spiro atoms. The first-order valence-electron chi connectivity index (χ1n) is 7.92. The van der Waals surface area contributed by atoms with E-state index in [-0.39, 0.29) is 18.1 Å². The number of hydrogen-bond acceptors (Lipinski definition) is 5. The van der Waals surface area contributed by atoms with E-state index in [2.05, 4.69) is 17.1 Å². The van der Waals surface area contributed by atoms with Gasteiger partial charge >= 0.3 is 0 Å². The van der Waals surface area contributed by atoms with Crippen molar-refractivity contribution in [3.05, 3.63) is 41.2 Å². The smallest absolute Gasteiger partial charge is 0.217 e. The molecule has 0 bridgehead atoms. The molecule has 0 saturated carbocycles. The SMILES string of the molecule is CCCc1ccc(C(=O)CSc2nnc(CCC(N)=O)n2C)cc1. The minimum atomic E-state index is -0.367. The molecule has 0 saturated heterocycles. The van der Waals surface area contributed by atoms with Gasteiger partial charge in [0.15, 0.2) is 10.9 Å². The predicted molar refractivity (Wildman–Crippen MR) is 94.0 cm³/mol. The van der Waals surface area contributed by atoms with E-state index in [4.69, 9.17) is 5.73 Å². The number of amides is 1. The van der Waals surface area contributed by atoms with Crippen molar-refractivity contribution in [3.63, 3.8) is 0 Å². The first kappa shape index (κ1) is 18.2. The number of nitrogens with two attached hydrogens (primary N) is 1. The molecule has 0 unspecified atom stereocenters. The number of carbonyl (C=O) groups excluding carboxylic acids is 2. The fraction of sp³-hybridized carbons (Fsp3) is 0.412. The Hall–Kier alpha value is -2.15. The molecule has 6 nitrogen and oxygen atoms in total. The minimum Gasteiger partial charge on any atom is -0.370 e. The van der Waals surface area contributed by atoms with E-state index < -0.39 is 0 Å². The van der Waals surface area contributed by atoms with Gasteiger partial charge in [-0.05, 0) is 12.0 Å². The van der Waals surface area contributed by atoms with Crippen LogP contribution in [0.1, 0.15) is 41.5 Å². The topological polar surface area (TPSA) is 90.9 Å². The fourth-order valence-electron chi connectivity index (χ4n) is 2.28. The molecule has 1 aromatic heterocycles. The van der Waals surface area contributed by atoms with E-state index in [9.17, 15) is 9.59 Å². The number of Topliss-reactive ketones (excluding diaryl/α,β-unsaturated/α-hetero) is 1. The highest BCUT2D eigenvalue weighted by atomic mass is 32.2. The number of hydrogen-bond donors (Lipinski definition) is 1. The zero-order chi connectivity index (χ0) is 17.5. The van der Waals surface area contributed by atoms with Crippen molar-refractivity contribution in [1.29, 1.82) is 0 Å². The Morgan fingerprint density at radius 1 is 1.17 bits per heavy atom. The number of benzene rings is 1. The van der Waals surface area contributed by atoms with Crippen LogP contribution in [-0.2, 0) is 24.7 Å². The van der Waals surface area contributed by atoms with E-state index in [0.717, 1.165) is 12.8 Å². The maximum atomic E-state index is 12.3. The Kier molecular flexibility index (Phi) is 6.54. The third-order valence-corrected chi connectivity index (χ3v) is 4.69. The van der Waals surface area contributed by atoms with Gasteiger partial charge < -0.3 is 10.3 Å². The summed E-state index contributed by atoms with van der Waals surface area (Å²) in [6.07, 6.45) is 2.80. The van der Waals surface area contributed by atoms with Crippen LogP contribution in [0.2, 0.25) is 0 Å². The van der Waals surface area contributed by atoms with Crippen LogP contribution in [0.25, 0.3) is 0 Å². The average Bonchev–Trinajstić information content (AvgIpc) is 2.92. The largest absolute Gasteiger partial charge is 0.370 e. The first-order chi connectivity index (χ1) is 11.5. The highest BCUT2D eigenvalue weighted by Gasteiger charge is 2.13. The summed E-state index contributed by atoms with van der Waals surface area (Å²) < 4.78 is 1.80. The molecule has 0 aliphatic rings. The van der Waals surface area contributed by atoms with Crippen molar-refractivity contribution in [2.75, 3.05) is 5.75 Å². The Balaban J connectivity index is 1.92. The van der Waals surface area contributed by atoms with Crippen LogP contribution >= 0.6 is 11.8 Å². The molecule has 0 atom stereocenters. The highest BCUT2D eigenvalue weighted by Crippen LogP contribution is 2.18. The van der Waals surface area contributed by atoms with Gasteiger partial charge in [-0.1, -0.05) is 49.4 Å². The number of carbonyl (C=O) groups is 2. The molecule has 0 aliphatic heterocycles. The zero-order valence-corrected chi connectivity index (χ0v) is 14.8. The lowest BCUT2D eigenvalue weighted by Crippen LogP contribution is -2.13. The number of nitrogens with zero attached hydrogens (tertiary/aromatic N) is 3. The maximum Gasteiger partial charge on any atom is 0.217 e. The van der Waals surface area contributed by atoms with Crippen molar-refractivity contribution < 1.29 is 9.59 Å². The van der Waals surface area contributed by atoms with Gasteiger partial charge in [0.1, 0.15) is 5.82 Å². The Morgan fingerprint density at radius 3 is 2.50 bits per heavy atom. The van der Waals surface area contributed by atoms with Crippen molar-refractivity contribution >= 4 is 23.5 Å². The molecular formula is C17H22N4O2S. The second-order valence-electron chi connectivity index (χ2n) is 5.58. The summed E-state index contributed by atoms with van der Waals surface area (Å²) in [6.45, 7) is 2.13. The van der Waals surface area contributed by atoms with E-state index in [1.165, 1.54) is 17.3 Å². The van der Waals surface area contributed by atoms with Crippen LogP contribution in [0.5, 0.6) is 0 Å². The summed E-state index contributed by atoms with van der Waals surface area (Å²) in [5.74, 6) is 0.681. The predicted octanol–water partition coefficient (Wildman–Crippen LogP) is 2.16. The quantitative estimate of drug-likeness (QED) is 0.555. The van der Waals surface area contributed by atoms with E-state index in [0.29, 0.717) is 28.7 Å². The molecule has 0 radical (unpaired) electrons. The van der Waals surface area contributed by atoms with Gasteiger partial charge in [0.25, 0.3) is 0 Å². The number of primary amides is 1. The normalized spacial score (nSPS) is 10.8. The lowest BCUT2D eigenvalue weighted by molar-refractivity contribution is -0.118. The Morgan fingerprint density at radius 2 is 1.88 bits per heavy atom. The number of aromatic nitrogens is 3. The van der Waals surface area contributed by atoms with Crippen LogP contribution in [-0.4, -0.2) is 32.2 Å². The van der Waals surface area contributed by atoms with Gasteiger partial charge in [0, 0.05) is 25.5 Å². The molecule has 1 aromatic carbocycles. The number of rotatable bonds is 9. The van der Waals surface area contributed by atoms with Gasteiger partial charge in [-0.25, -0.2) is 0 Å². The summed E-state index contributed by atoms with van der Waals surface area (Å²) in [4.78, 5) is 23.1. The molecule has 2 rings (SSSR count). The lowest BCUT2D eigenvalue weighted by atomic mass is 10.1. The minimum absolute atomic E-state index is 0.0599. The molecule has 24 heavy (non-hydrogen) atoms. The molecule has 7 heteroatoms. The molecular weight excluding hydrogens is 324 g/mol. The second-order valence-corrected chi connectivity index (χ2v) is 6.53. The van der Waals surface area contributed by atoms with Crippen molar-refractivity contribution in [3.8, 4) is 0 Å². The second kappa shape index (κ2) is 8.63. The zero-order valence-electron chi connectivity index (χ0n) is 14.0. The van der Waals surface area contributed by atoms with Crippen molar-refractivity contribution in [1.82, 2.24) is 14.8 Å². The molecule has 1 heterocycles. The fourth-order valence-corrected chi connectivity index (χ4v) is 3.11. The van der Waals surface area contributed by atoms with Crippen molar-refractivity contribution in [2.24, 2.45) is 12.8 Å². The van der Waals surface area contributed by atoms with E-state index in [1.807, 2.05) is 31.3 Å². The molecule has 0 aliphatic carbocycles. The van der Waals surface area contributed by atoms with Crippen molar-refractivity contribution in [2.45, 2.75) is 37.8 Å². The average molecular weight is 346 g/mol. The molecule has 1 amide bonds. The summed E-state index contributed by atoms with van der Waals surface area (Å²) in [7, 11) is 1.82. The summed E-state index contributed by atoms with van der Waals surface area (Å²) >= 11 is 1.34. The summed E-state index contributed by atoms with van der Waals surface area (Å²) in [5, 5.41) is 8.77. The third kappa shape index (κ3) is 4.92. The highest BCUT2D eigenvalue weighted by molar-refractivity contribution is 7.99. The van der Waals surface area contributed by atoms with Crippen LogP contribution in [0, 0.1) is 0 Å². The van der Waals surface area contributed by atoms with Crippen LogP contribution in [0.3, 0.4) is 0 Å². The summed E-state index contributed by atoms with van der Waals surface area (Å²) in [6, 6.07) is 7.77. The number of ketones is 1. The monoisotopic (exact) mass is 346 g/mol. The van der Waals surface area contributed by atoms with Crippen LogP contribution < -0.4 is 5.73 Å². The Bertz CT molecular complexity index is 710. The van der Waals surface area contributed by atoms with Gasteiger partial charge in [0.05, 0.1) is 5.75 Å². The maximum absolute atomic E-state index is 12.3. The molecule has 128 valence electrons. The number of thioether (sulfide) groups is 1. The van der Waals surface area contributed by atoms with Crippen LogP contribution in [0.15, 0.2) is 29.4 Å².